The number of carbonyl (C=O) groups excluding carboxylic acids is 2. The number of aromatic nitrogens is 1. The van der Waals surface area contributed by atoms with Gasteiger partial charge in [-0.25, -0.2) is 4.79 Å². The molecule has 0 aliphatic rings. The average Bonchev–Trinajstić information content (AvgIpc) is 2.73. The quantitative estimate of drug-likeness (QED) is 0.729. The van der Waals surface area contributed by atoms with E-state index in [1.54, 1.807) is 0 Å². The standard InChI is InChI=1S/C14H16N2O4/c1-8(17)15-12(14(19)20-2)7-10-9-5-3-4-6-11(9)16-13(10)18/h3-6,12,16,18H,7H2,1-2H3,(H,15,17)/t12-/m0/s1. The van der Waals surface area contributed by atoms with Gasteiger partial charge in [-0.3, -0.25) is 4.79 Å². The molecule has 1 heterocycles. The van der Waals surface area contributed by atoms with E-state index in [9.17, 15) is 14.7 Å². The van der Waals surface area contributed by atoms with E-state index in [1.807, 2.05) is 24.3 Å². The fraction of sp³-hybridized carbons (Fsp3) is 0.286. The summed E-state index contributed by atoms with van der Waals surface area (Å²) in [7, 11) is 1.26. The Morgan fingerprint density at radius 3 is 2.75 bits per heavy atom. The van der Waals surface area contributed by atoms with E-state index < -0.39 is 12.0 Å². The lowest BCUT2D eigenvalue weighted by atomic mass is 10.0. The van der Waals surface area contributed by atoms with Crippen LogP contribution in [0.1, 0.15) is 12.5 Å². The van der Waals surface area contributed by atoms with Gasteiger partial charge in [0.1, 0.15) is 6.04 Å². The first kappa shape index (κ1) is 13.9. The van der Waals surface area contributed by atoms with Gasteiger partial charge >= 0.3 is 5.97 Å². The molecule has 106 valence electrons. The second-order valence-electron chi connectivity index (χ2n) is 4.48. The summed E-state index contributed by atoms with van der Waals surface area (Å²) in [5, 5.41) is 13.3. The minimum absolute atomic E-state index is 0.00884. The van der Waals surface area contributed by atoms with Crippen molar-refractivity contribution in [3.63, 3.8) is 0 Å². The van der Waals surface area contributed by atoms with E-state index in [-0.39, 0.29) is 18.2 Å². The smallest absolute Gasteiger partial charge is 0.328 e. The van der Waals surface area contributed by atoms with Crippen LogP contribution in [0.25, 0.3) is 10.9 Å². The lowest BCUT2D eigenvalue weighted by molar-refractivity contribution is -0.144. The fourth-order valence-electron chi connectivity index (χ4n) is 2.18. The Balaban J connectivity index is 2.35. The summed E-state index contributed by atoms with van der Waals surface area (Å²) in [5.41, 5.74) is 1.34. The molecule has 3 N–H and O–H groups in total. The van der Waals surface area contributed by atoms with Gasteiger partial charge in [-0.2, -0.15) is 0 Å². The number of ether oxygens (including phenoxy) is 1. The third-order valence-corrected chi connectivity index (χ3v) is 3.06. The highest BCUT2D eigenvalue weighted by molar-refractivity contribution is 5.88. The molecule has 0 bridgehead atoms. The van der Waals surface area contributed by atoms with Gasteiger partial charge in [0.05, 0.1) is 7.11 Å². The molecule has 0 saturated heterocycles. The number of hydrogen-bond acceptors (Lipinski definition) is 4. The maximum absolute atomic E-state index is 11.7. The number of carbonyl (C=O) groups is 2. The molecule has 0 unspecified atom stereocenters. The Bertz CT molecular complexity index is 648. The Labute approximate surface area is 115 Å². The maximum Gasteiger partial charge on any atom is 0.328 e. The van der Waals surface area contributed by atoms with Crippen molar-refractivity contribution in [1.29, 1.82) is 0 Å². The summed E-state index contributed by atoms with van der Waals surface area (Å²) in [5.74, 6) is -0.893. The number of H-pyrrole nitrogens is 1. The Hall–Kier alpha value is -2.50. The number of rotatable bonds is 4. The molecule has 1 atom stereocenters. The molecule has 0 aliphatic carbocycles. The van der Waals surface area contributed by atoms with Crippen LogP contribution in [0, 0.1) is 0 Å². The van der Waals surface area contributed by atoms with Crippen molar-refractivity contribution in [2.45, 2.75) is 19.4 Å². The monoisotopic (exact) mass is 276 g/mol. The van der Waals surface area contributed by atoms with Gasteiger partial charge in [-0.15, -0.1) is 0 Å². The predicted octanol–water partition coefficient (Wildman–Crippen LogP) is 1.09. The van der Waals surface area contributed by atoms with Gasteiger partial charge in [0.2, 0.25) is 5.91 Å². The summed E-state index contributed by atoms with van der Waals surface area (Å²) in [6.07, 6.45) is 0.155. The molecule has 1 amide bonds. The largest absolute Gasteiger partial charge is 0.494 e. The summed E-state index contributed by atoms with van der Waals surface area (Å²) >= 11 is 0. The topological polar surface area (TPSA) is 91.4 Å². The first-order valence-corrected chi connectivity index (χ1v) is 6.16. The van der Waals surface area contributed by atoms with Crippen molar-refractivity contribution in [3.05, 3.63) is 29.8 Å². The van der Waals surface area contributed by atoms with Crippen LogP contribution >= 0.6 is 0 Å². The van der Waals surface area contributed by atoms with Crippen molar-refractivity contribution in [3.8, 4) is 5.88 Å². The van der Waals surface area contributed by atoms with E-state index in [1.165, 1.54) is 14.0 Å². The minimum Gasteiger partial charge on any atom is -0.494 e. The number of fused-ring (bicyclic) bond motifs is 1. The molecular formula is C14H16N2O4. The summed E-state index contributed by atoms with van der Waals surface area (Å²) in [6, 6.07) is 6.51. The van der Waals surface area contributed by atoms with E-state index in [2.05, 4.69) is 15.0 Å². The summed E-state index contributed by atoms with van der Waals surface area (Å²) in [4.78, 5) is 25.7. The molecule has 0 aliphatic heterocycles. The first-order chi connectivity index (χ1) is 9.52. The third-order valence-electron chi connectivity index (χ3n) is 3.06. The molecule has 1 aromatic heterocycles. The number of esters is 1. The van der Waals surface area contributed by atoms with Crippen LogP contribution < -0.4 is 5.32 Å². The van der Waals surface area contributed by atoms with Crippen LogP contribution in [0.5, 0.6) is 5.88 Å². The van der Waals surface area contributed by atoms with E-state index in [4.69, 9.17) is 0 Å². The van der Waals surface area contributed by atoms with Gasteiger partial charge in [0, 0.05) is 29.8 Å². The van der Waals surface area contributed by atoms with Crippen molar-refractivity contribution < 1.29 is 19.4 Å². The zero-order valence-electron chi connectivity index (χ0n) is 11.3. The van der Waals surface area contributed by atoms with Crippen molar-refractivity contribution in [1.82, 2.24) is 10.3 Å². The number of methoxy groups -OCH3 is 1. The number of nitrogens with one attached hydrogen (secondary N) is 2. The first-order valence-electron chi connectivity index (χ1n) is 6.16. The second-order valence-corrected chi connectivity index (χ2v) is 4.48. The van der Waals surface area contributed by atoms with Gasteiger partial charge in [-0.1, -0.05) is 18.2 Å². The lowest BCUT2D eigenvalue weighted by Crippen LogP contribution is -2.41. The Morgan fingerprint density at radius 2 is 2.10 bits per heavy atom. The normalized spacial score (nSPS) is 12.1. The number of aromatic amines is 1. The molecule has 1 aromatic carbocycles. The van der Waals surface area contributed by atoms with Crippen molar-refractivity contribution >= 4 is 22.8 Å². The highest BCUT2D eigenvalue weighted by Crippen LogP contribution is 2.28. The highest BCUT2D eigenvalue weighted by atomic mass is 16.5. The molecular weight excluding hydrogens is 260 g/mol. The number of hydrogen-bond donors (Lipinski definition) is 3. The number of aromatic hydroxyl groups is 1. The average molecular weight is 276 g/mol. The van der Waals surface area contributed by atoms with Crippen LogP contribution in [0.15, 0.2) is 24.3 Å². The van der Waals surface area contributed by atoms with Crippen molar-refractivity contribution in [2.24, 2.45) is 0 Å². The van der Waals surface area contributed by atoms with E-state index in [0.29, 0.717) is 5.56 Å². The van der Waals surface area contributed by atoms with Crippen molar-refractivity contribution in [2.75, 3.05) is 7.11 Å². The minimum atomic E-state index is -0.831. The fourth-order valence-corrected chi connectivity index (χ4v) is 2.18. The second kappa shape index (κ2) is 5.64. The lowest BCUT2D eigenvalue weighted by Gasteiger charge is -2.15. The molecule has 20 heavy (non-hydrogen) atoms. The molecule has 6 nitrogen and oxygen atoms in total. The zero-order valence-corrected chi connectivity index (χ0v) is 11.3. The van der Waals surface area contributed by atoms with Gasteiger partial charge in [-0.05, 0) is 6.07 Å². The van der Waals surface area contributed by atoms with Crippen LogP contribution in [0.4, 0.5) is 0 Å². The van der Waals surface area contributed by atoms with Crippen LogP contribution in [-0.2, 0) is 20.7 Å². The summed E-state index contributed by atoms with van der Waals surface area (Å²) in [6.45, 7) is 1.32. The summed E-state index contributed by atoms with van der Waals surface area (Å²) < 4.78 is 4.67. The Morgan fingerprint density at radius 1 is 1.40 bits per heavy atom. The Kier molecular flexibility index (Phi) is 3.93. The molecule has 0 saturated carbocycles. The van der Waals surface area contributed by atoms with Crippen LogP contribution in [0.3, 0.4) is 0 Å². The number of para-hydroxylation sites is 1. The molecule has 2 rings (SSSR count). The van der Waals surface area contributed by atoms with E-state index >= 15 is 0 Å². The van der Waals surface area contributed by atoms with E-state index in [0.717, 1.165) is 10.9 Å². The number of benzene rings is 1. The molecule has 2 aromatic rings. The third kappa shape index (κ3) is 2.74. The zero-order chi connectivity index (χ0) is 14.7. The molecule has 0 spiro atoms. The van der Waals surface area contributed by atoms with Gasteiger partial charge < -0.3 is 20.1 Å². The SMILES string of the molecule is COC(=O)[C@H](Cc1c(O)[nH]c2ccccc12)NC(C)=O. The maximum atomic E-state index is 11.7. The number of amides is 1. The molecule has 6 heteroatoms. The predicted molar refractivity (Wildman–Crippen MR) is 73.3 cm³/mol. The highest BCUT2D eigenvalue weighted by Gasteiger charge is 2.24. The molecule has 0 fully saturated rings. The van der Waals surface area contributed by atoms with Crippen LogP contribution in [-0.4, -0.2) is 35.1 Å². The van der Waals surface area contributed by atoms with Gasteiger partial charge in [0.25, 0.3) is 0 Å². The van der Waals surface area contributed by atoms with Crippen LogP contribution in [0.2, 0.25) is 0 Å². The van der Waals surface area contributed by atoms with Gasteiger partial charge in [0.15, 0.2) is 5.88 Å². The molecule has 0 radical (unpaired) electrons.